The number of aliphatic carboxylic acids is 1. The number of para-hydroxylation sites is 1. The third-order valence-electron chi connectivity index (χ3n) is 4.22. The van der Waals surface area contributed by atoms with Gasteiger partial charge in [-0.15, -0.1) is 0 Å². The van der Waals surface area contributed by atoms with E-state index in [1.807, 2.05) is 24.3 Å². The van der Waals surface area contributed by atoms with Crippen molar-refractivity contribution in [3.63, 3.8) is 0 Å². The van der Waals surface area contributed by atoms with Gasteiger partial charge in [-0.2, -0.15) is 0 Å². The molecule has 3 aromatic rings. The lowest BCUT2D eigenvalue weighted by Gasteiger charge is -2.12. The molecule has 6 N–H and O–H groups in total. The number of aromatic nitrogens is 2. The number of carboxylic acid groups (broad SMARTS) is 1. The second-order valence-corrected chi connectivity index (χ2v) is 6.17. The number of fused-ring (bicyclic) bond motifs is 3. The van der Waals surface area contributed by atoms with E-state index in [-0.39, 0.29) is 18.5 Å². The molecule has 0 spiro atoms. The number of hydrazine groups is 1. The molecule has 9 nitrogen and oxygen atoms in total. The van der Waals surface area contributed by atoms with Crippen LogP contribution < -0.4 is 16.6 Å². The van der Waals surface area contributed by atoms with Gasteiger partial charge in [0.1, 0.15) is 5.69 Å². The van der Waals surface area contributed by atoms with Crippen LogP contribution >= 0.6 is 0 Å². The molecule has 27 heavy (non-hydrogen) atoms. The molecule has 0 aliphatic rings. The first-order valence-corrected chi connectivity index (χ1v) is 8.32. The highest BCUT2D eigenvalue weighted by Crippen LogP contribution is 2.27. The second kappa shape index (κ2) is 7.42. The molecule has 0 bridgehead atoms. The number of carbonyl (C=O) groups is 3. The number of nitrogens with zero attached hydrogens (tertiary/aromatic N) is 1. The van der Waals surface area contributed by atoms with Crippen LogP contribution in [0.15, 0.2) is 30.3 Å². The minimum absolute atomic E-state index is 0.0320. The average Bonchev–Trinajstić information content (AvgIpc) is 3.03. The van der Waals surface area contributed by atoms with Gasteiger partial charge in [0.05, 0.1) is 17.3 Å². The molecule has 1 atom stereocenters. The maximum Gasteiger partial charge on any atom is 0.303 e. The number of nitrogens with one attached hydrogen (secondary N) is 3. The highest BCUT2D eigenvalue weighted by atomic mass is 16.4. The monoisotopic (exact) mass is 369 g/mol. The van der Waals surface area contributed by atoms with Crippen LogP contribution in [0.25, 0.3) is 21.8 Å². The van der Waals surface area contributed by atoms with Gasteiger partial charge in [-0.1, -0.05) is 18.2 Å². The van der Waals surface area contributed by atoms with E-state index in [2.05, 4.69) is 20.8 Å². The minimum atomic E-state index is -1.05. The number of carbonyl (C=O) groups excluding carboxylic acids is 2. The summed E-state index contributed by atoms with van der Waals surface area (Å²) in [6, 6.07) is 8.31. The first-order valence-electron chi connectivity index (χ1n) is 8.32. The van der Waals surface area contributed by atoms with Crippen LogP contribution in [0.3, 0.4) is 0 Å². The van der Waals surface area contributed by atoms with Crippen molar-refractivity contribution in [2.75, 3.05) is 0 Å². The number of nitrogens with two attached hydrogens (primary N) is 1. The highest BCUT2D eigenvalue weighted by molar-refractivity contribution is 6.10. The van der Waals surface area contributed by atoms with Crippen molar-refractivity contribution in [2.45, 2.75) is 25.8 Å². The smallest absolute Gasteiger partial charge is 0.303 e. The zero-order chi connectivity index (χ0) is 19.6. The SMILES string of the molecule is Cc1nc(C(=O)NNC(=O)[C@@H](N)CCC(=O)O)cc2c1[nH]c1ccccc12. The fourth-order valence-electron chi connectivity index (χ4n) is 2.81. The minimum Gasteiger partial charge on any atom is -0.481 e. The maximum atomic E-state index is 12.4. The molecule has 0 unspecified atom stereocenters. The Morgan fingerprint density at radius 3 is 2.70 bits per heavy atom. The molecular weight excluding hydrogens is 350 g/mol. The molecular formula is C18H19N5O4. The Morgan fingerprint density at radius 1 is 1.22 bits per heavy atom. The third kappa shape index (κ3) is 3.87. The largest absolute Gasteiger partial charge is 0.481 e. The molecule has 2 heterocycles. The first kappa shape index (κ1) is 18.3. The second-order valence-electron chi connectivity index (χ2n) is 6.17. The number of benzene rings is 1. The Morgan fingerprint density at radius 2 is 1.96 bits per heavy atom. The number of aryl methyl sites for hydroxylation is 1. The third-order valence-corrected chi connectivity index (χ3v) is 4.22. The maximum absolute atomic E-state index is 12.4. The Kier molecular flexibility index (Phi) is 5.04. The summed E-state index contributed by atoms with van der Waals surface area (Å²) in [5.74, 6) is -2.31. The van der Waals surface area contributed by atoms with Crippen LogP contribution in [-0.2, 0) is 9.59 Å². The van der Waals surface area contributed by atoms with Gasteiger partial charge < -0.3 is 15.8 Å². The van der Waals surface area contributed by atoms with E-state index in [1.54, 1.807) is 13.0 Å². The van der Waals surface area contributed by atoms with Crippen LogP contribution in [0.5, 0.6) is 0 Å². The summed E-state index contributed by atoms with van der Waals surface area (Å²) in [6.07, 6.45) is -0.268. The molecule has 0 fully saturated rings. The summed E-state index contributed by atoms with van der Waals surface area (Å²) in [5, 5.41) is 10.4. The summed E-state index contributed by atoms with van der Waals surface area (Å²) in [7, 11) is 0. The van der Waals surface area contributed by atoms with Gasteiger partial charge in [-0.05, 0) is 25.5 Å². The lowest BCUT2D eigenvalue weighted by molar-refractivity contribution is -0.137. The normalized spacial score (nSPS) is 12.1. The van der Waals surface area contributed by atoms with E-state index < -0.39 is 23.8 Å². The molecule has 1 aromatic carbocycles. The average molecular weight is 369 g/mol. The number of amides is 2. The molecule has 3 rings (SSSR count). The van der Waals surface area contributed by atoms with Crippen molar-refractivity contribution in [3.05, 3.63) is 41.7 Å². The number of aromatic amines is 1. The topological polar surface area (TPSA) is 150 Å². The Balaban J connectivity index is 1.75. The standard InChI is InChI=1S/C18H19N5O4/c1-9-16-11(10-4-2-3-5-13(10)21-16)8-14(20-9)18(27)23-22-17(26)12(19)6-7-15(24)25/h2-5,8,12,21H,6-7,19H2,1H3,(H,22,26)(H,23,27)(H,24,25)/t12-/m0/s1. The van der Waals surface area contributed by atoms with Gasteiger partial charge >= 0.3 is 5.97 Å². The van der Waals surface area contributed by atoms with Crippen molar-refractivity contribution in [1.29, 1.82) is 0 Å². The van der Waals surface area contributed by atoms with Crippen LogP contribution in [0.4, 0.5) is 0 Å². The van der Waals surface area contributed by atoms with Gasteiger partial charge in [0.25, 0.3) is 11.8 Å². The summed E-state index contributed by atoms with van der Waals surface area (Å²) in [5.41, 5.74) is 12.6. The molecule has 140 valence electrons. The van der Waals surface area contributed by atoms with Crippen molar-refractivity contribution in [2.24, 2.45) is 5.73 Å². The van der Waals surface area contributed by atoms with E-state index in [0.29, 0.717) is 5.69 Å². The zero-order valence-corrected chi connectivity index (χ0v) is 14.6. The van der Waals surface area contributed by atoms with Gasteiger partial charge in [-0.25, -0.2) is 4.98 Å². The summed E-state index contributed by atoms with van der Waals surface area (Å²) >= 11 is 0. The van der Waals surface area contributed by atoms with Gasteiger partial charge in [0.2, 0.25) is 0 Å². The van der Waals surface area contributed by atoms with Gasteiger partial charge in [-0.3, -0.25) is 25.2 Å². The van der Waals surface area contributed by atoms with Crippen molar-refractivity contribution in [1.82, 2.24) is 20.8 Å². The quantitative estimate of drug-likeness (QED) is 0.423. The highest BCUT2D eigenvalue weighted by Gasteiger charge is 2.17. The van der Waals surface area contributed by atoms with Crippen molar-refractivity contribution < 1.29 is 19.5 Å². The number of hydrogen-bond acceptors (Lipinski definition) is 5. The van der Waals surface area contributed by atoms with E-state index in [9.17, 15) is 14.4 Å². The fraction of sp³-hybridized carbons (Fsp3) is 0.222. The van der Waals surface area contributed by atoms with Crippen LogP contribution in [-0.4, -0.2) is 38.9 Å². The zero-order valence-electron chi connectivity index (χ0n) is 14.6. The number of pyridine rings is 1. The number of hydrogen-bond donors (Lipinski definition) is 5. The van der Waals surface area contributed by atoms with E-state index in [4.69, 9.17) is 10.8 Å². The van der Waals surface area contributed by atoms with Crippen LogP contribution in [0, 0.1) is 6.92 Å². The molecule has 2 amide bonds. The molecule has 0 saturated heterocycles. The number of rotatable bonds is 5. The summed E-state index contributed by atoms with van der Waals surface area (Å²) in [4.78, 5) is 42.3. The van der Waals surface area contributed by atoms with Crippen molar-refractivity contribution in [3.8, 4) is 0 Å². The van der Waals surface area contributed by atoms with Crippen LogP contribution in [0.1, 0.15) is 29.0 Å². The Labute approximate surface area is 153 Å². The predicted octanol–water partition coefficient (Wildman–Crippen LogP) is 0.978. The lowest BCUT2D eigenvalue weighted by Crippen LogP contribution is -2.49. The first-order chi connectivity index (χ1) is 12.9. The molecule has 0 aliphatic carbocycles. The molecule has 0 aliphatic heterocycles. The number of carboxylic acids is 1. The summed E-state index contributed by atoms with van der Waals surface area (Å²) in [6.45, 7) is 1.79. The van der Waals surface area contributed by atoms with Crippen molar-refractivity contribution >= 4 is 39.6 Å². The fourth-order valence-corrected chi connectivity index (χ4v) is 2.81. The molecule has 2 aromatic heterocycles. The molecule has 9 heteroatoms. The lowest BCUT2D eigenvalue weighted by atomic mass is 10.1. The number of H-pyrrole nitrogens is 1. The molecule has 0 saturated carbocycles. The van der Waals surface area contributed by atoms with E-state index in [0.717, 1.165) is 21.8 Å². The van der Waals surface area contributed by atoms with E-state index in [1.165, 1.54) is 0 Å². The van der Waals surface area contributed by atoms with E-state index >= 15 is 0 Å². The van der Waals surface area contributed by atoms with Gasteiger partial charge in [0.15, 0.2) is 0 Å². The Bertz CT molecular complexity index is 1040. The predicted molar refractivity (Wildman–Crippen MR) is 98.8 cm³/mol. The molecule has 0 radical (unpaired) electrons. The van der Waals surface area contributed by atoms with Gasteiger partial charge in [0, 0.05) is 22.7 Å². The Hall–Kier alpha value is -3.46. The van der Waals surface area contributed by atoms with Crippen LogP contribution in [0.2, 0.25) is 0 Å². The summed E-state index contributed by atoms with van der Waals surface area (Å²) < 4.78 is 0.